The molecule has 2 amide bonds. The van der Waals surface area contributed by atoms with Crippen molar-refractivity contribution in [2.24, 2.45) is 0 Å². The molecular formula is C25H31N3O6S. The van der Waals surface area contributed by atoms with Gasteiger partial charge in [-0.25, -0.2) is 26.9 Å². The molecule has 0 atom stereocenters. The topological polar surface area (TPSA) is 108 Å². The Morgan fingerprint density at radius 3 is 2.00 bits per heavy atom. The van der Waals surface area contributed by atoms with Crippen LogP contribution in [-0.2, 0) is 26.0 Å². The average molecular weight is 502 g/mol. The number of aromatic nitrogens is 2. The number of nitrogens with zero attached hydrogens (tertiary/aromatic N) is 3. The summed E-state index contributed by atoms with van der Waals surface area (Å²) in [5.74, 6) is 0. The summed E-state index contributed by atoms with van der Waals surface area (Å²) in [6.07, 6.45) is -0.373. The average Bonchev–Trinajstić information content (AvgIpc) is 3.08. The molecule has 9 nitrogen and oxygen atoms in total. The molecule has 0 fully saturated rings. The van der Waals surface area contributed by atoms with Gasteiger partial charge in [0, 0.05) is 6.20 Å². The highest BCUT2D eigenvalue weighted by Crippen LogP contribution is 2.27. The molecule has 0 N–H and O–H groups in total. The first-order valence-electron chi connectivity index (χ1n) is 11.1. The number of benzene rings is 1. The number of amides is 2. The van der Waals surface area contributed by atoms with Crippen LogP contribution in [0.25, 0.3) is 11.0 Å². The van der Waals surface area contributed by atoms with Gasteiger partial charge in [-0.3, -0.25) is 4.98 Å². The number of carbonyl (C=O) groups is 2. The van der Waals surface area contributed by atoms with Gasteiger partial charge in [-0.15, -0.1) is 0 Å². The van der Waals surface area contributed by atoms with E-state index in [0.29, 0.717) is 11.0 Å². The molecule has 0 aliphatic heterocycles. The zero-order valence-electron chi connectivity index (χ0n) is 21.0. The van der Waals surface area contributed by atoms with Crippen molar-refractivity contribution in [2.75, 3.05) is 0 Å². The SMILES string of the molecule is Cc1ccc(S(=O)(=O)n2c(CN(C(=O)OC(C)(C)C)C(=O)OC(C)(C)C)cc3ncccc32)cc1. The molecule has 1 aromatic carbocycles. The lowest BCUT2D eigenvalue weighted by Gasteiger charge is -2.28. The van der Waals surface area contributed by atoms with E-state index >= 15 is 0 Å². The van der Waals surface area contributed by atoms with Crippen LogP contribution in [0.15, 0.2) is 53.6 Å². The van der Waals surface area contributed by atoms with E-state index < -0.39 is 40.0 Å². The van der Waals surface area contributed by atoms with Gasteiger partial charge in [0.05, 0.1) is 28.2 Å². The third-order valence-electron chi connectivity index (χ3n) is 4.71. The Morgan fingerprint density at radius 2 is 1.49 bits per heavy atom. The number of fused-ring (bicyclic) bond motifs is 1. The van der Waals surface area contributed by atoms with E-state index in [1.54, 1.807) is 65.8 Å². The maximum atomic E-state index is 13.7. The summed E-state index contributed by atoms with van der Waals surface area (Å²) >= 11 is 0. The minimum absolute atomic E-state index is 0.0618. The number of pyridine rings is 1. The lowest BCUT2D eigenvalue weighted by atomic mass is 10.2. The number of ether oxygens (including phenoxy) is 2. The van der Waals surface area contributed by atoms with Gasteiger partial charge in [-0.05, 0) is 78.8 Å². The summed E-state index contributed by atoms with van der Waals surface area (Å²) in [6, 6.07) is 11.2. The van der Waals surface area contributed by atoms with Crippen molar-refractivity contribution in [3.05, 3.63) is 59.9 Å². The van der Waals surface area contributed by atoms with E-state index in [9.17, 15) is 18.0 Å². The third kappa shape index (κ3) is 6.19. The van der Waals surface area contributed by atoms with Gasteiger partial charge in [0.2, 0.25) is 0 Å². The van der Waals surface area contributed by atoms with E-state index in [1.165, 1.54) is 24.4 Å². The molecule has 2 aromatic heterocycles. The predicted octanol–water partition coefficient (Wildman–Crippen LogP) is 5.25. The summed E-state index contributed by atoms with van der Waals surface area (Å²) in [4.78, 5) is 31.1. The van der Waals surface area contributed by atoms with Gasteiger partial charge in [0.1, 0.15) is 11.2 Å². The molecule has 0 unspecified atom stereocenters. The molecule has 3 rings (SSSR count). The normalized spacial score (nSPS) is 12.4. The standard InChI is InChI=1S/C25H31N3O6S/c1-17-10-12-19(13-11-17)35(31,32)28-18(15-20-21(28)9-8-14-26-20)16-27(22(29)33-24(2,3)4)23(30)34-25(5,6)7/h8-15H,16H2,1-7H3. The number of carbonyl (C=O) groups excluding carboxylic acids is 2. The fourth-order valence-electron chi connectivity index (χ4n) is 3.27. The van der Waals surface area contributed by atoms with Gasteiger partial charge < -0.3 is 9.47 Å². The molecule has 2 heterocycles. The van der Waals surface area contributed by atoms with E-state index in [2.05, 4.69) is 4.98 Å². The number of hydrogen-bond acceptors (Lipinski definition) is 7. The minimum Gasteiger partial charge on any atom is -0.443 e. The van der Waals surface area contributed by atoms with Gasteiger partial charge in [-0.2, -0.15) is 0 Å². The smallest absolute Gasteiger partial charge is 0.420 e. The van der Waals surface area contributed by atoms with Crippen LogP contribution < -0.4 is 0 Å². The second-order valence-electron chi connectivity index (χ2n) is 10.2. The number of aryl methyl sites for hydroxylation is 1. The second kappa shape index (κ2) is 9.33. The zero-order valence-corrected chi connectivity index (χ0v) is 21.8. The number of rotatable bonds is 4. The zero-order chi connectivity index (χ0) is 26.2. The van der Waals surface area contributed by atoms with Gasteiger partial charge in [-0.1, -0.05) is 17.7 Å². The van der Waals surface area contributed by atoms with Crippen LogP contribution in [0, 0.1) is 6.92 Å². The van der Waals surface area contributed by atoms with E-state index in [-0.39, 0.29) is 10.6 Å². The molecule has 10 heteroatoms. The van der Waals surface area contributed by atoms with Crippen LogP contribution in [0.1, 0.15) is 52.8 Å². The summed E-state index contributed by atoms with van der Waals surface area (Å²) in [7, 11) is -4.09. The highest BCUT2D eigenvalue weighted by molar-refractivity contribution is 7.90. The molecule has 0 aliphatic carbocycles. The lowest BCUT2D eigenvalue weighted by molar-refractivity contribution is -0.000523. The monoisotopic (exact) mass is 501 g/mol. The van der Waals surface area contributed by atoms with Crippen LogP contribution in [0.3, 0.4) is 0 Å². The third-order valence-corrected chi connectivity index (χ3v) is 6.49. The molecule has 0 bridgehead atoms. The molecule has 188 valence electrons. The van der Waals surface area contributed by atoms with Gasteiger partial charge in [0.25, 0.3) is 10.0 Å². The quantitative estimate of drug-likeness (QED) is 0.480. The first-order chi connectivity index (χ1) is 16.1. The van der Waals surface area contributed by atoms with E-state index in [0.717, 1.165) is 14.4 Å². The first-order valence-corrected chi connectivity index (χ1v) is 12.5. The summed E-state index contributed by atoms with van der Waals surface area (Å²) in [5, 5.41) is 0. The lowest BCUT2D eigenvalue weighted by Crippen LogP contribution is -2.43. The van der Waals surface area contributed by atoms with Crippen LogP contribution in [-0.4, -0.2) is 45.7 Å². The van der Waals surface area contributed by atoms with Crippen molar-refractivity contribution in [3.63, 3.8) is 0 Å². The van der Waals surface area contributed by atoms with E-state index in [4.69, 9.17) is 9.47 Å². The minimum atomic E-state index is -4.09. The van der Waals surface area contributed by atoms with Crippen molar-refractivity contribution in [1.29, 1.82) is 0 Å². The molecule has 35 heavy (non-hydrogen) atoms. The number of imide groups is 1. The maximum absolute atomic E-state index is 13.7. The van der Waals surface area contributed by atoms with Crippen molar-refractivity contribution < 1.29 is 27.5 Å². The maximum Gasteiger partial charge on any atom is 0.420 e. The van der Waals surface area contributed by atoms with Gasteiger partial charge >= 0.3 is 12.2 Å². The molecule has 0 aliphatic rings. The fourth-order valence-corrected chi connectivity index (χ4v) is 4.80. The molecule has 0 radical (unpaired) electrons. The van der Waals surface area contributed by atoms with Crippen LogP contribution in [0.2, 0.25) is 0 Å². The van der Waals surface area contributed by atoms with Crippen LogP contribution in [0.4, 0.5) is 9.59 Å². The largest absolute Gasteiger partial charge is 0.443 e. The van der Waals surface area contributed by atoms with Crippen LogP contribution in [0.5, 0.6) is 0 Å². The molecule has 0 saturated carbocycles. The van der Waals surface area contributed by atoms with Gasteiger partial charge in [0.15, 0.2) is 0 Å². The number of hydrogen-bond donors (Lipinski definition) is 0. The molecular weight excluding hydrogens is 470 g/mol. The Morgan fingerprint density at radius 1 is 0.943 bits per heavy atom. The Kier molecular flexibility index (Phi) is 6.99. The predicted molar refractivity (Wildman–Crippen MR) is 132 cm³/mol. The Labute approximate surface area is 205 Å². The molecule has 0 spiro atoms. The Hall–Kier alpha value is -3.40. The van der Waals surface area contributed by atoms with Crippen molar-refractivity contribution >= 4 is 33.2 Å². The van der Waals surface area contributed by atoms with Crippen molar-refractivity contribution in [3.8, 4) is 0 Å². The highest BCUT2D eigenvalue weighted by atomic mass is 32.2. The first kappa shape index (κ1) is 26.2. The fraction of sp³-hybridized carbons (Fsp3) is 0.400. The summed E-state index contributed by atoms with van der Waals surface area (Å²) in [6.45, 7) is 11.5. The summed E-state index contributed by atoms with van der Waals surface area (Å²) < 4.78 is 39.3. The molecule has 3 aromatic rings. The Balaban J connectivity index is 2.15. The van der Waals surface area contributed by atoms with Crippen LogP contribution >= 0.6 is 0 Å². The van der Waals surface area contributed by atoms with E-state index in [1.807, 2.05) is 6.92 Å². The Bertz CT molecular complexity index is 1320. The highest BCUT2D eigenvalue weighted by Gasteiger charge is 2.34. The molecule has 0 saturated heterocycles. The summed E-state index contributed by atoms with van der Waals surface area (Å²) in [5.41, 5.74) is -0.0118. The van der Waals surface area contributed by atoms with Crippen molar-refractivity contribution in [2.45, 2.75) is 71.1 Å². The second-order valence-corrected chi connectivity index (χ2v) is 12.0. The van der Waals surface area contributed by atoms with Crippen molar-refractivity contribution in [1.82, 2.24) is 13.9 Å².